The Kier molecular flexibility index (Phi) is 2.88. The molecule has 0 amide bonds. The van der Waals surface area contributed by atoms with Crippen LogP contribution in [-0.2, 0) is 17.6 Å². The lowest BCUT2D eigenvalue weighted by atomic mass is 9.70. The van der Waals surface area contributed by atoms with Crippen LogP contribution in [0.1, 0.15) is 37.0 Å². The van der Waals surface area contributed by atoms with Gasteiger partial charge < -0.3 is 4.79 Å². The van der Waals surface area contributed by atoms with Crippen molar-refractivity contribution in [3.8, 4) is 0 Å². The molecule has 1 aliphatic rings. The summed E-state index contributed by atoms with van der Waals surface area (Å²) in [6, 6.07) is 6.71. The quantitative estimate of drug-likeness (QED) is 0.693. The topological polar surface area (TPSA) is 17.1 Å². The summed E-state index contributed by atoms with van der Waals surface area (Å²) in [5.41, 5.74) is 4.07. The molecule has 2 rings (SSSR count). The van der Waals surface area contributed by atoms with Crippen molar-refractivity contribution >= 4 is 6.29 Å². The van der Waals surface area contributed by atoms with Crippen LogP contribution in [0, 0.1) is 18.3 Å². The third kappa shape index (κ3) is 2.04. The molecule has 0 aliphatic heterocycles. The Morgan fingerprint density at radius 3 is 2.75 bits per heavy atom. The first-order valence-electron chi connectivity index (χ1n) is 6.07. The zero-order chi connectivity index (χ0) is 11.8. The molecule has 16 heavy (non-hydrogen) atoms. The van der Waals surface area contributed by atoms with Crippen LogP contribution in [0.5, 0.6) is 0 Å². The van der Waals surface area contributed by atoms with E-state index in [1.54, 1.807) is 0 Å². The Morgan fingerprint density at radius 2 is 2.06 bits per heavy atom. The smallest absolute Gasteiger partial charge is 0.125 e. The summed E-state index contributed by atoms with van der Waals surface area (Å²) in [6.45, 7) is 6.26. The Hall–Kier alpha value is -1.11. The number of benzene rings is 1. The molecule has 0 N–H and O–H groups in total. The van der Waals surface area contributed by atoms with Crippen molar-refractivity contribution in [2.24, 2.45) is 11.3 Å². The van der Waals surface area contributed by atoms with E-state index in [1.807, 2.05) is 0 Å². The molecule has 1 aromatic carbocycles. The van der Waals surface area contributed by atoms with Crippen LogP contribution < -0.4 is 0 Å². The number of hydrogen-bond donors (Lipinski definition) is 0. The molecule has 0 heterocycles. The maximum atomic E-state index is 11.1. The Labute approximate surface area is 97.9 Å². The molecule has 0 fully saturated rings. The van der Waals surface area contributed by atoms with Crippen LogP contribution in [0.4, 0.5) is 0 Å². The van der Waals surface area contributed by atoms with Gasteiger partial charge in [0.1, 0.15) is 6.29 Å². The lowest BCUT2D eigenvalue weighted by Gasteiger charge is -2.33. The van der Waals surface area contributed by atoms with Gasteiger partial charge in [-0.25, -0.2) is 0 Å². The van der Waals surface area contributed by atoms with Gasteiger partial charge in [-0.1, -0.05) is 37.6 Å². The second-order valence-corrected chi connectivity index (χ2v) is 5.65. The number of fused-ring (bicyclic) bond motifs is 1. The highest BCUT2D eigenvalue weighted by Gasteiger charge is 2.31. The Morgan fingerprint density at radius 1 is 1.31 bits per heavy atom. The first-order valence-corrected chi connectivity index (χ1v) is 6.07. The van der Waals surface area contributed by atoms with Crippen molar-refractivity contribution in [2.45, 2.75) is 40.0 Å². The van der Waals surface area contributed by atoms with Crippen LogP contribution in [-0.4, -0.2) is 6.29 Å². The van der Waals surface area contributed by atoms with Gasteiger partial charge in [-0.15, -0.1) is 0 Å². The largest absolute Gasteiger partial charge is 0.303 e. The highest BCUT2D eigenvalue weighted by Crippen LogP contribution is 2.36. The minimum absolute atomic E-state index is 0.179. The average Bonchev–Trinajstić information content (AvgIpc) is 2.28. The number of aldehydes is 1. The van der Waals surface area contributed by atoms with Crippen LogP contribution in [0.2, 0.25) is 0 Å². The van der Waals surface area contributed by atoms with Crippen LogP contribution in [0.3, 0.4) is 0 Å². The monoisotopic (exact) mass is 216 g/mol. The van der Waals surface area contributed by atoms with E-state index in [0.717, 1.165) is 25.5 Å². The molecule has 0 aromatic heterocycles. The van der Waals surface area contributed by atoms with Crippen LogP contribution in [0.15, 0.2) is 18.2 Å². The van der Waals surface area contributed by atoms with E-state index in [4.69, 9.17) is 0 Å². The van der Waals surface area contributed by atoms with Gasteiger partial charge in [-0.3, -0.25) is 0 Å². The van der Waals surface area contributed by atoms with E-state index in [-0.39, 0.29) is 5.41 Å². The lowest BCUT2D eigenvalue weighted by Crippen LogP contribution is -2.30. The molecule has 1 aromatic rings. The minimum atomic E-state index is -0.179. The van der Waals surface area contributed by atoms with Gasteiger partial charge in [-0.05, 0) is 43.2 Å². The zero-order valence-corrected chi connectivity index (χ0v) is 10.4. The number of carbonyl (C=O) groups excluding carboxylic acids is 1. The van der Waals surface area contributed by atoms with Gasteiger partial charge in [-0.2, -0.15) is 0 Å². The summed E-state index contributed by atoms with van der Waals surface area (Å²) >= 11 is 0. The summed E-state index contributed by atoms with van der Waals surface area (Å²) in [4.78, 5) is 11.1. The normalized spacial score (nSPS) is 20.3. The zero-order valence-electron chi connectivity index (χ0n) is 10.4. The van der Waals surface area contributed by atoms with Gasteiger partial charge in [0.25, 0.3) is 0 Å². The first-order chi connectivity index (χ1) is 7.53. The molecular formula is C15H20O. The summed E-state index contributed by atoms with van der Waals surface area (Å²) < 4.78 is 0. The predicted molar refractivity (Wildman–Crippen MR) is 66.5 cm³/mol. The van der Waals surface area contributed by atoms with Crippen molar-refractivity contribution in [2.75, 3.05) is 0 Å². The SMILES string of the molecule is Cc1ccc2c(c1)CC(C(C)(C)C=O)CC2. The van der Waals surface area contributed by atoms with E-state index in [9.17, 15) is 4.79 Å². The highest BCUT2D eigenvalue weighted by molar-refractivity contribution is 5.59. The third-order valence-electron chi connectivity index (χ3n) is 3.95. The summed E-state index contributed by atoms with van der Waals surface area (Å²) in [5.74, 6) is 0.499. The first kappa shape index (κ1) is 11.4. The van der Waals surface area contributed by atoms with Crippen molar-refractivity contribution < 1.29 is 4.79 Å². The number of aryl methyl sites for hydroxylation is 2. The lowest BCUT2D eigenvalue weighted by molar-refractivity contribution is -0.117. The standard InChI is InChI=1S/C15H20O/c1-11-4-5-12-6-7-14(9-13(12)8-11)15(2,3)10-16/h4-5,8,10,14H,6-7,9H2,1-3H3. The predicted octanol–water partition coefficient (Wildman–Crippen LogP) is 3.33. The van der Waals surface area contributed by atoms with Gasteiger partial charge in [0.15, 0.2) is 0 Å². The summed E-state index contributed by atoms with van der Waals surface area (Å²) in [6.07, 6.45) is 4.45. The molecule has 86 valence electrons. The van der Waals surface area contributed by atoms with Crippen molar-refractivity contribution in [3.63, 3.8) is 0 Å². The van der Waals surface area contributed by atoms with Crippen LogP contribution in [0.25, 0.3) is 0 Å². The van der Waals surface area contributed by atoms with Gasteiger partial charge >= 0.3 is 0 Å². The molecule has 0 spiro atoms. The fourth-order valence-electron chi connectivity index (χ4n) is 2.62. The van der Waals surface area contributed by atoms with E-state index >= 15 is 0 Å². The third-order valence-corrected chi connectivity index (χ3v) is 3.95. The molecule has 1 aliphatic carbocycles. The average molecular weight is 216 g/mol. The molecule has 0 saturated heterocycles. The minimum Gasteiger partial charge on any atom is -0.303 e. The van der Waals surface area contributed by atoms with Crippen molar-refractivity contribution in [1.82, 2.24) is 0 Å². The Balaban J connectivity index is 2.26. The Bertz CT molecular complexity index is 404. The summed E-state index contributed by atoms with van der Waals surface area (Å²) in [7, 11) is 0. The fourth-order valence-corrected chi connectivity index (χ4v) is 2.62. The van der Waals surface area contributed by atoms with E-state index in [0.29, 0.717) is 5.92 Å². The maximum absolute atomic E-state index is 11.1. The van der Waals surface area contributed by atoms with Gasteiger partial charge in [0, 0.05) is 5.41 Å². The van der Waals surface area contributed by atoms with E-state index in [2.05, 4.69) is 39.0 Å². The maximum Gasteiger partial charge on any atom is 0.125 e. The van der Waals surface area contributed by atoms with Gasteiger partial charge in [0.2, 0.25) is 0 Å². The number of carbonyl (C=O) groups is 1. The van der Waals surface area contributed by atoms with Gasteiger partial charge in [0.05, 0.1) is 0 Å². The fraction of sp³-hybridized carbons (Fsp3) is 0.533. The molecule has 0 saturated carbocycles. The molecule has 0 radical (unpaired) electrons. The second kappa shape index (κ2) is 4.04. The van der Waals surface area contributed by atoms with Crippen molar-refractivity contribution in [1.29, 1.82) is 0 Å². The molecular weight excluding hydrogens is 196 g/mol. The number of rotatable bonds is 2. The molecule has 1 heteroatoms. The molecule has 1 nitrogen and oxygen atoms in total. The highest BCUT2D eigenvalue weighted by atomic mass is 16.1. The van der Waals surface area contributed by atoms with Crippen LogP contribution >= 0.6 is 0 Å². The van der Waals surface area contributed by atoms with Crippen molar-refractivity contribution in [3.05, 3.63) is 34.9 Å². The van der Waals surface area contributed by atoms with E-state index in [1.165, 1.54) is 16.7 Å². The molecule has 1 atom stereocenters. The molecule has 0 bridgehead atoms. The summed E-state index contributed by atoms with van der Waals surface area (Å²) in [5, 5.41) is 0. The second-order valence-electron chi connectivity index (χ2n) is 5.65. The van der Waals surface area contributed by atoms with E-state index < -0.39 is 0 Å². The molecule has 1 unspecified atom stereocenters. The number of hydrogen-bond acceptors (Lipinski definition) is 1.